The van der Waals surface area contributed by atoms with Crippen molar-refractivity contribution in [2.75, 3.05) is 19.6 Å². The van der Waals surface area contributed by atoms with E-state index in [2.05, 4.69) is 24.1 Å². The molecule has 110 valence electrons. The first-order chi connectivity index (χ1) is 9.19. The molecule has 0 aromatic rings. The molecule has 2 nitrogen and oxygen atoms in total. The van der Waals surface area contributed by atoms with E-state index in [0.717, 1.165) is 17.9 Å². The van der Waals surface area contributed by atoms with Crippen LogP contribution in [0.4, 0.5) is 0 Å². The average molecular weight is 264 g/mol. The Morgan fingerprint density at radius 2 is 1.89 bits per heavy atom. The van der Waals surface area contributed by atoms with Crippen LogP contribution in [0.5, 0.6) is 0 Å². The van der Waals surface area contributed by atoms with Crippen LogP contribution in [-0.2, 0) is 0 Å². The van der Waals surface area contributed by atoms with Crippen molar-refractivity contribution in [1.29, 1.82) is 0 Å². The summed E-state index contributed by atoms with van der Waals surface area (Å²) in [5.74, 6) is 1.86. The number of nitrogens with one attached hydrogen (secondary N) is 1. The zero-order valence-corrected chi connectivity index (χ0v) is 13.0. The van der Waals surface area contributed by atoms with Gasteiger partial charge in [0, 0.05) is 24.7 Å². The van der Waals surface area contributed by atoms with E-state index in [1.165, 1.54) is 71.0 Å². The van der Waals surface area contributed by atoms with Crippen molar-refractivity contribution in [3.63, 3.8) is 0 Å². The lowest BCUT2D eigenvalue weighted by Crippen LogP contribution is -2.65. The maximum absolute atomic E-state index is 3.96. The molecule has 0 aromatic heterocycles. The highest BCUT2D eigenvalue weighted by molar-refractivity contribution is 5.00. The molecule has 3 fully saturated rings. The lowest BCUT2D eigenvalue weighted by Gasteiger charge is -2.51. The molecule has 0 radical (unpaired) electrons. The fraction of sp³-hybridized carbons (Fsp3) is 1.00. The van der Waals surface area contributed by atoms with Crippen LogP contribution in [0, 0.1) is 11.8 Å². The van der Waals surface area contributed by atoms with Crippen LogP contribution in [-0.4, -0.2) is 36.1 Å². The fourth-order valence-corrected chi connectivity index (χ4v) is 4.23. The maximum Gasteiger partial charge on any atom is 0.0309 e. The van der Waals surface area contributed by atoms with Crippen molar-refractivity contribution in [3.8, 4) is 0 Å². The highest BCUT2D eigenvalue weighted by atomic mass is 15.3. The summed E-state index contributed by atoms with van der Waals surface area (Å²) in [6.07, 6.45) is 11.6. The van der Waals surface area contributed by atoms with E-state index in [1.807, 2.05) is 0 Å². The minimum atomic E-state index is 0.479. The number of hydrogen-bond acceptors (Lipinski definition) is 2. The molecule has 19 heavy (non-hydrogen) atoms. The van der Waals surface area contributed by atoms with Crippen molar-refractivity contribution < 1.29 is 0 Å². The van der Waals surface area contributed by atoms with Crippen molar-refractivity contribution >= 4 is 0 Å². The van der Waals surface area contributed by atoms with Gasteiger partial charge in [-0.3, -0.25) is 4.90 Å². The lowest BCUT2D eigenvalue weighted by atomic mass is 9.78. The second-order valence-electron chi connectivity index (χ2n) is 7.74. The third-order valence-corrected chi connectivity index (χ3v) is 5.76. The Bertz CT molecular complexity index is 290. The Hall–Kier alpha value is -0.0800. The molecule has 1 spiro atoms. The van der Waals surface area contributed by atoms with Gasteiger partial charge in [0.25, 0.3) is 0 Å². The van der Waals surface area contributed by atoms with Gasteiger partial charge in [0.15, 0.2) is 0 Å². The van der Waals surface area contributed by atoms with Crippen LogP contribution < -0.4 is 5.32 Å². The predicted octanol–water partition coefficient (Wildman–Crippen LogP) is 3.42. The highest BCUT2D eigenvalue weighted by Crippen LogP contribution is 2.36. The fourth-order valence-electron chi connectivity index (χ4n) is 4.23. The molecule has 0 bridgehead atoms. The molecule has 1 heterocycles. The van der Waals surface area contributed by atoms with Crippen molar-refractivity contribution in [3.05, 3.63) is 0 Å². The Morgan fingerprint density at radius 1 is 1.16 bits per heavy atom. The zero-order valence-electron chi connectivity index (χ0n) is 13.0. The first-order valence-corrected chi connectivity index (χ1v) is 8.68. The zero-order chi connectivity index (χ0) is 13.3. The standard InChI is InChI=1S/C17H32N2/c1-14(2)16-12-18-17(9-4-3-5-10-17)13-19(16)11-8-15-6-7-15/h14-16,18H,3-13H2,1-2H3. The van der Waals surface area contributed by atoms with Crippen molar-refractivity contribution in [2.24, 2.45) is 11.8 Å². The van der Waals surface area contributed by atoms with Gasteiger partial charge in [-0.15, -0.1) is 0 Å². The van der Waals surface area contributed by atoms with E-state index < -0.39 is 0 Å². The molecule has 2 saturated carbocycles. The summed E-state index contributed by atoms with van der Waals surface area (Å²) in [6, 6.07) is 0.770. The molecule has 0 amide bonds. The molecule has 1 aliphatic heterocycles. The van der Waals surface area contributed by atoms with Gasteiger partial charge in [-0.2, -0.15) is 0 Å². The third kappa shape index (κ3) is 3.33. The third-order valence-electron chi connectivity index (χ3n) is 5.76. The van der Waals surface area contributed by atoms with E-state index >= 15 is 0 Å². The van der Waals surface area contributed by atoms with Crippen LogP contribution in [0.25, 0.3) is 0 Å². The van der Waals surface area contributed by atoms with Crippen molar-refractivity contribution in [1.82, 2.24) is 10.2 Å². The molecule has 1 atom stereocenters. The van der Waals surface area contributed by atoms with Gasteiger partial charge in [0.2, 0.25) is 0 Å². The molecule has 2 aliphatic carbocycles. The van der Waals surface area contributed by atoms with Gasteiger partial charge in [-0.25, -0.2) is 0 Å². The Morgan fingerprint density at radius 3 is 2.53 bits per heavy atom. The number of nitrogens with zero attached hydrogens (tertiary/aromatic N) is 1. The maximum atomic E-state index is 3.96. The summed E-state index contributed by atoms with van der Waals surface area (Å²) >= 11 is 0. The minimum Gasteiger partial charge on any atom is -0.308 e. The van der Waals surface area contributed by atoms with Gasteiger partial charge in [-0.1, -0.05) is 46.0 Å². The minimum absolute atomic E-state index is 0.479. The number of hydrogen-bond donors (Lipinski definition) is 1. The SMILES string of the molecule is CC(C)C1CNC2(CCCCC2)CN1CCC1CC1. The first-order valence-electron chi connectivity index (χ1n) is 8.68. The van der Waals surface area contributed by atoms with Crippen LogP contribution in [0.3, 0.4) is 0 Å². The van der Waals surface area contributed by atoms with E-state index in [1.54, 1.807) is 0 Å². The van der Waals surface area contributed by atoms with E-state index in [-0.39, 0.29) is 0 Å². The molecule has 1 saturated heterocycles. The van der Waals surface area contributed by atoms with E-state index in [9.17, 15) is 0 Å². The molecule has 3 rings (SSSR count). The summed E-state index contributed by atoms with van der Waals surface area (Å²) in [4.78, 5) is 2.85. The van der Waals surface area contributed by atoms with E-state index in [0.29, 0.717) is 5.54 Å². The van der Waals surface area contributed by atoms with Gasteiger partial charge in [0.1, 0.15) is 0 Å². The molecular formula is C17H32N2. The first kappa shape index (κ1) is 13.9. The molecule has 0 aromatic carbocycles. The lowest BCUT2D eigenvalue weighted by molar-refractivity contribution is 0.0348. The Labute approximate surface area is 119 Å². The topological polar surface area (TPSA) is 15.3 Å². The summed E-state index contributed by atoms with van der Waals surface area (Å²) in [7, 11) is 0. The van der Waals surface area contributed by atoms with Gasteiger partial charge in [0.05, 0.1) is 0 Å². The van der Waals surface area contributed by atoms with Crippen LogP contribution >= 0.6 is 0 Å². The summed E-state index contributed by atoms with van der Waals surface area (Å²) in [5, 5.41) is 3.96. The molecular weight excluding hydrogens is 232 g/mol. The molecule has 1 N–H and O–H groups in total. The second-order valence-corrected chi connectivity index (χ2v) is 7.74. The van der Waals surface area contributed by atoms with Crippen molar-refractivity contribution in [2.45, 2.75) is 76.8 Å². The van der Waals surface area contributed by atoms with Crippen LogP contribution in [0.2, 0.25) is 0 Å². The van der Waals surface area contributed by atoms with Gasteiger partial charge < -0.3 is 5.32 Å². The summed E-state index contributed by atoms with van der Waals surface area (Å²) in [5.41, 5.74) is 0.479. The van der Waals surface area contributed by atoms with Gasteiger partial charge >= 0.3 is 0 Å². The number of piperazine rings is 1. The highest BCUT2D eigenvalue weighted by Gasteiger charge is 2.40. The molecule has 2 heteroatoms. The van der Waals surface area contributed by atoms with E-state index in [4.69, 9.17) is 0 Å². The number of rotatable bonds is 4. The smallest absolute Gasteiger partial charge is 0.0309 e. The van der Waals surface area contributed by atoms with Gasteiger partial charge in [-0.05, 0) is 37.6 Å². The van der Waals surface area contributed by atoms with Crippen LogP contribution in [0.1, 0.15) is 65.2 Å². The Balaban J connectivity index is 1.62. The predicted molar refractivity (Wildman–Crippen MR) is 81.4 cm³/mol. The average Bonchev–Trinajstić information content (AvgIpc) is 3.21. The monoisotopic (exact) mass is 264 g/mol. The van der Waals surface area contributed by atoms with Crippen LogP contribution in [0.15, 0.2) is 0 Å². The quantitative estimate of drug-likeness (QED) is 0.837. The molecule has 3 aliphatic rings. The normalized spacial score (nSPS) is 32.1. The summed E-state index contributed by atoms with van der Waals surface area (Å²) in [6.45, 7) is 8.70. The second kappa shape index (κ2) is 5.73. The summed E-state index contributed by atoms with van der Waals surface area (Å²) < 4.78 is 0. The molecule has 1 unspecified atom stereocenters. The largest absolute Gasteiger partial charge is 0.308 e. The Kier molecular flexibility index (Phi) is 4.19.